The third-order valence-corrected chi connectivity index (χ3v) is 4.25. The fourth-order valence-electron chi connectivity index (χ4n) is 3.02. The third kappa shape index (κ3) is 1.76. The predicted octanol–water partition coefficient (Wildman–Crippen LogP) is 1.78. The number of carbonyl (C=O) groups excluding carboxylic acids is 1. The lowest BCUT2D eigenvalue weighted by molar-refractivity contribution is 0.0752. The summed E-state index contributed by atoms with van der Waals surface area (Å²) in [6.07, 6.45) is 3.04. The molecule has 0 spiro atoms. The molecule has 1 aliphatic heterocycles. The van der Waals surface area contributed by atoms with Gasteiger partial charge in [-0.2, -0.15) is 0 Å². The first-order valence-electron chi connectivity index (χ1n) is 5.87. The smallest absolute Gasteiger partial charge is 0.258 e. The van der Waals surface area contributed by atoms with Crippen molar-refractivity contribution < 1.29 is 14.3 Å². The molecule has 0 radical (unpaired) electrons. The van der Waals surface area contributed by atoms with E-state index in [1.54, 1.807) is 11.0 Å². The van der Waals surface area contributed by atoms with Crippen LogP contribution in [0.2, 0.25) is 5.22 Å². The summed E-state index contributed by atoms with van der Waals surface area (Å²) in [5.74, 6) is 0.592. The van der Waals surface area contributed by atoms with Gasteiger partial charge in [-0.1, -0.05) is 0 Å². The highest BCUT2D eigenvalue weighted by Gasteiger charge is 2.43. The van der Waals surface area contributed by atoms with Gasteiger partial charge in [0.1, 0.15) is 0 Å². The van der Waals surface area contributed by atoms with Crippen LogP contribution >= 0.6 is 11.6 Å². The van der Waals surface area contributed by atoms with E-state index in [0.29, 0.717) is 18.0 Å². The quantitative estimate of drug-likeness (QED) is 0.832. The Bertz CT molecular complexity index is 445. The molecule has 3 rings (SSSR count). The molecule has 1 aliphatic carbocycles. The van der Waals surface area contributed by atoms with Gasteiger partial charge in [0, 0.05) is 19.0 Å². The number of nitrogens with zero attached hydrogens (tertiary/aromatic N) is 1. The molecule has 3 atom stereocenters. The Morgan fingerprint density at radius 1 is 1.47 bits per heavy atom. The second-order valence-electron chi connectivity index (χ2n) is 4.89. The van der Waals surface area contributed by atoms with Crippen molar-refractivity contribution in [3.63, 3.8) is 0 Å². The molecule has 1 aromatic heterocycles. The van der Waals surface area contributed by atoms with Gasteiger partial charge < -0.3 is 14.4 Å². The van der Waals surface area contributed by atoms with Gasteiger partial charge in [-0.05, 0) is 36.4 Å². The van der Waals surface area contributed by atoms with Gasteiger partial charge in [0.2, 0.25) is 5.22 Å². The summed E-state index contributed by atoms with van der Waals surface area (Å²) in [4.78, 5) is 13.9. The van der Waals surface area contributed by atoms with Crippen molar-refractivity contribution in [1.82, 2.24) is 4.90 Å². The molecule has 17 heavy (non-hydrogen) atoms. The predicted molar refractivity (Wildman–Crippen MR) is 61.8 cm³/mol. The van der Waals surface area contributed by atoms with Gasteiger partial charge in [0.05, 0.1) is 17.9 Å². The molecule has 1 aromatic rings. The number of fused-ring (bicyclic) bond motifs is 1. The summed E-state index contributed by atoms with van der Waals surface area (Å²) in [6, 6.07) is 1.59. The summed E-state index contributed by atoms with van der Waals surface area (Å²) < 4.78 is 4.93. The molecule has 1 N–H and O–H groups in total. The van der Waals surface area contributed by atoms with Crippen molar-refractivity contribution in [1.29, 1.82) is 0 Å². The normalized spacial score (nSPS) is 31.9. The highest BCUT2D eigenvalue weighted by molar-refractivity contribution is 6.32. The van der Waals surface area contributed by atoms with Crippen molar-refractivity contribution in [2.24, 2.45) is 11.8 Å². The van der Waals surface area contributed by atoms with Crippen LogP contribution in [-0.4, -0.2) is 35.1 Å². The Kier molecular flexibility index (Phi) is 2.64. The molecule has 92 valence electrons. The molecule has 0 aromatic carbocycles. The summed E-state index contributed by atoms with van der Waals surface area (Å²) >= 11 is 5.80. The van der Waals surface area contributed by atoms with E-state index < -0.39 is 0 Å². The van der Waals surface area contributed by atoms with Crippen molar-refractivity contribution >= 4 is 17.5 Å². The van der Waals surface area contributed by atoms with Gasteiger partial charge >= 0.3 is 0 Å². The minimum absolute atomic E-state index is 0.0923. The second-order valence-corrected chi connectivity index (χ2v) is 5.23. The lowest BCUT2D eigenvalue weighted by atomic mass is 10.00. The van der Waals surface area contributed by atoms with Crippen LogP contribution in [0.5, 0.6) is 0 Å². The molecule has 2 heterocycles. The van der Waals surface area contributed by atoms with Crippen LogP contribution in [0.4, 0.5) is 0 Å². The van der Waals surface area contributed by atoms with E-state index in [1.165, 1.54) is 6.26 Å². The molecular formula is C12H14ClNO3. The lowest BCUT2D eigenvalue weighted by Crippen LogP contribution is -2.30. The van der Waals surface area contributed by atoms with Crippen molar-refractivity contribution in [3.8, 4) is 0 Å². The number of likely N-dealkylation sites (tertiary alicyclic amines) is 1. The topological polar surface area (TPSA) is 53.7 Å². The highest BCUT2D eigenvalue weighted by atomic mass is 35.5. The minimum atomic E-state index is -0.252. The number of aliphatic hydroxyl groups excluding tert-OH is 1. The fraction of sp³-hybridized carbons (Fsp3) is 0.583. The SMILES string of the molecule is O=C(c1ccoc1Cl)N1CC2CCC(O)C2C1. The van der Waals surface area contributed by atoms with E-state index >= 15 is 0 Å². The molecule has 1 saturated heterocycles. The summed E-state index contributed by atoms with van der Waals surface area (Å²) in [5.41, 5.74) is 0.418. The van der Waals surface area contributed by atoms with E-state index in [1.807, 2.05) is 0 Å². The highest BCUT2D eigenvalue weighted by Crippen LogP contribution is 2.38. The standard InChI is InChI=1S/C12H14ClNO3/c13-11-8(3-4-17-11)12(16)14-5-7-1-2-10(15)9(7)6-14/h3-4,7,9-10,15H,1-2,5-6H2. The van der Waals surface area contributed by atoms with Crippen molar-refractivity contribution in [2.45, 2.75) is 18.9 Å². The number of rotatable bonds is 1. The molecule has 5 heteroatoms. The Labute approximate surface area is 104 Å². The maximum atomic E-state index is 12.2. The molecule has 1 saturated carbocycles. The zero-order valence-electron chi connectivity index (χ0n) is 9.30. The number of aliphatic hydroxyl groups is 1. The van der Waals surface area contributed by atoms with Crippen molar-refractivity contribution in [2.75, 3.05) is 13.1 Å². The largest absolute Gasteiger partial charge is 0.452 e. The van der Waals surface area contributed by atoms with Crippen molar-refractivity contribution in [3.05, 3.63) is 23.1 Å². The van der Waals surface area contributed by atoms with E-state index in [0.717, 1.165) is 19.4 Å². The number of hydrogen-bond acceptors (Lipinski definition) is 3. The first-order valence-corrected chi connectivity index (χ1v) is 6.25. The first-order chi connectivity index (χ1) is 8.16. The zero-order valence-corrected chi connectivity index (χ0v) is 10.1. The van der Waals surface area contributed by atoms with E-state index in [-0.39, 0.29) is 23.1 Å². The summed E-state index contributed by atoms with van der Waals surface area (Å²) in [5, 5.41) is 9.95. The monoisotopic (exact) mass is 255 g/mol. The molecular weight excluding hydrogens is 242 g/mol. The first kappa shape index (κ1) is 11.1. The average molecular weight is 256 g/mol. The van der Waals surface area contributed by atoms with Crippen LogP contribution in [-0.2, 0) is 0 Å². The van der Waals surface area contributed by atoms with Gasteiger partial charge in [-0.15, -0.1) is 0 Å². The zero-order chi connectivity index (χ0) is 12.0. The Morgan fingerprint density at radius 3 is 2.94 bits per heavy atom. The average Bonchev–Trinajstić information content (AvgIpc) is 2.96. The molecule has 0 bridgehead atoms. The van der Waals surface area contributed by atoms with E-state index in [4.69, 9.17) is 16.0 Å². The van der Waals surface area contributed by atoms with Gasteiger partial charge in [-0.25, -0.2) is 0 Å². The van der Waals surface area contributed by atoms with E-state index in [2.05, 4.69) is 0 Å². The molecule has 2 fully saturated rings. The summed E-state index contributed by atoms with van der Waals surface area (Å²) in [7, 11) is 0. The Morgan fingerprint density at radius 2 is 2.29 bits per heavy atom. The number of amides is 1. The second kappa shape index (κ2) is 4.03. The van der Waals surface area contributed by atoms with Crippen LogP contribution in [0, 0.1) is 11.8 Å². The van der Waals surface area contributed by atoms with Crippen LogP contribution < -0.4 is 0 Å². The van der Waals surface area contributed by atoms with Gasteiger partial charge in [0.25, 0.3) is 5.91 Å². The third-order valence-electron chi connectivity index (χ3n) is 3.95. The number of furan rings is 1. The number of hydrogen-bond donors (Lipinski definition) is 1. The van der Waals surface area contributed by atoms with E-state index in [9.17, 15) is 9.90 Å². The Hall–Kier alpha value is -1.00. The number of carbonyl (C=O) groups is 1. The maximum absolute atomic E-state index is 12.2. The molecule has 1 amide bonds. The Balaban J connectivity index is 1.75. The molecule has 3 unspecified atom stereocenters. The molecule has 4 nitrogen and oxygen atoms in total. The van der Waals surface area contributed by atoms with Crippen LogP contribution in [0.25, 0.3) is 0 Å². The van der Waals surface area contributed by atoms with Crippen LogP contribution in [0.15, 0.2) is 16.7 Å². The lowest BCUT2D eigenvalue weighted by Gasteiger charge is -2.17. The van der Waals surface area contributed by atoms with Gasteiger partial charge in [0.15, 0.2) is 0 Å². The summed E-state index contributed by atoms with van der Waals surface area (Å²) in [6.45, 7) is 1.36. The number of halogens is 1. The van der Waals surface area contributed by atoms with Crippen LogP contribution in [0.3, 0.4) is 0 Å². The fourth-order valence-corrected chi connectivity index (χ4v) is 3.21. The van der Waals surface area contributed by atoms with Gasteiger partial charge in [-0.3, -0.25) is 4.79 Å². The maximum Gasteiger partial charge on any atom is 0.258 e. The van der Waals surface area contributed by atoms with Crippen LogP contribution in [0.1, 0.15) is 23.2 Å². The molecule has 2 aliphatic rings. The minimum Gasteiger partial charge on any atom is -0.452 e.